The van der Waals surface area contributed by atoms with Crippen LogP contribution in [0.4, 0.5) is 5.95 Å². The molecule has 2 fully saturated rings. The maximum absolute atomic E-state index is 12.5. The fourth-order valence-corrected chi connectivity index (χ4v) is 3.69. The van der Waals surface area contributed by atoms with Gasteiger partial charge in [0, 0.05) is 44.4 Å². The monoisotopic (exact) mass is 351 g/mol. The van der Waals surface area contributed by atoms with Crippen LogP contribution in [0.25, 0.3) is 11.3 Å². The Morgan fingerprint density at radius 3 is 2.65 bits per heavy atom. The normalized spacial score (nSPS) is 20.4. The van der Waals surface area contributed by atoms with Crippen molar-refractivity contribution in [3.63, 3.8) is 0 Å². The SMILES string of the molecule is O=C(C[C@@H]1CCNC1)N1CCN(c2nccc(-c3ccccc3)n2)CC1. The lowest BCUT2D eigenvalue weighted by molar-refractivity contribution is -0.132. The number of amides is 1. The van der Waals surface area contributed by atoms with E-state index in [1.54, 1.807) is 0 Å². The number of benzene rings is 1. The summed E-state index contributed by atoms with van der Waals surface area (Å²) in [5.41, 5.74) is 2.03. The van der Waals surface area contributed by atoms with Gasteiger partial charge in [0.05, 0.1) is 5.69 Å². The third-order valence-electron chi connectivity index (χ3n) is 5.25. The van der Waals surface area contributed by atoms with Crippen molar-refractivity contribution in [3.8, 4) is 11.3 Å². The van der Waals surface area contributed by atoms with Crippen molar-refractivity contribution in [3.05, 3.63) is 42.6 Å². The highest BCUT2D eigenvalue weighted by molar-refractivity contribution is 5.76. The van der Waals surface area contributed by atoms with Gasteiger partial charge in [-0.25, -0.2) is 9.97 Å². The summed E-state index contributed by atoms with van der Waals surface area (Å²) in [6.45, 7) is 5.09. The van der Waals surface area contributed by atoms with Crippen molar-refractivity contribution in [2.75, 3.05) is 44.2 Å². The van der Waals surface area contributed by atoms with Crippen molar-refractivity contribution in [2.24, 2.45) is 5.92 Å². The van der Waals surface area contributed by atoms with E-state index in [9.17, 15) is 4.79 Å². The topological polar surface area (TPSA) is 61.4 Å². The van der Waals surface area contributed by atoms with Crippen LogP contribution in [0.15, 0.2) is 42.6 Å². The molecule has 26 heavy (non-hydrogen) atoms. The van der Waals surface area contributed by atoms with Crippen LogP contribution < -0.4 is 10.2 Å². The van der Waals surface area contributed by atoms with Crippen LogP contribution in [0.5, 0.6) is 0 Å². The number of hydrogen-bond acceptors (Lipinski definition) is 5. The lowest BCUT2D eigenvalue weighted by atomic mass is 10.0. The molecule has 3 heterocycles. The molecular formula is C20H25N5O. The van der Waals surface area contributed by atoms with Gasteiger partial charge in [0.15, 0.2) is 0 Å². The molecule has 0 spiro atoms. The van der Waals surface area contributed by atoms with Gasteiger partial charge in [-0.1, -0.05) is 30.3 Å². The zero-order chi connectivity index (χ0) is 17.8. The van der Waals surface area contributed by atoms with Crippen LogP contribution in [-0.4, -0.2) is 60.0 Å². The van der Waals surface area contributed by atoms with E-state index in [1.165, 1.54) is 0 Å². The first-order valence-corrected chi connectivity index (χ1v) is 9.41. The second-order valence-corrected chi connectivity index (χ2v) is 7.04. The number of aromatic nitrogens is 2. The van der Waals surface area contributed by atoms with E-state index < -0.39 is 0 Å². The summed E-state index contributed by atoms with van der Waals surface area (Å²) in [4.78, 5) is 25.8. The summed E-state index contributed by atoms with van der Waals surface area (Å²) in [5.74, 6) is 1.54. The number of nitrogens with one attached hydrogen (secondary N) is 1. The van der Waals surface area contributed by atoms with Crippen molar-refractivity contribution in [1.82, 2.24) is 20.2 Å². The Morgan fingerprint density at radius 2 is 1.92 bits per heavy atom. The molecule has 0 saturated carbocycles. The van der Waals surface area contributed by atoms with E-state index in [4.69, 9.17) is 4.98 Å². The summed E-state index contributed by atoms with van der Waals surface area (Å²) >= 11 is 0. The number of hydrogen-bond donors (Lipinski definition) is 1. The molecule has 2 aliphatic rings. The van der Waals surface area contributed by atoms with E-state index in [0.717, 1.165) is 62.9 Å². The standard InChI is InChI=1S/C20H25N5O/c26-19(14-16-6-8-21-15-16)24-10-12-25(13-11-24)20-22-9-7-18(23-20)17-4-2-1-3-5-17/h1-5,7,9,16,21H,6,8,10-15H2/t16-/m0/s1. The van der Waals surface area contributed by atoms with Crippen molar-refractivity contribution >= 4 is 11.9 Å². The number of nitrogens with zero attached hydrogens (tertiary/aromatic N) is 4. The van der Waals surface area contributed by atoms with Gasteiger partial charge in [0.25, 0.3) is 0 Å². The lowest BCUT2D eigenvalue weighted by Crippen LogP contribution is -2.49. The summed E-state index contributed by atoms with van der Waals surface area (Å²) in [5, 5.41) is 3.33. The van der Waals surface area contributed by atoms with Gasteiger partial charge >= 0.3 is 0 Å². The quantitative estimate of drug-likeness (QED) is 0.910. The lowest BCUT2D eigenvalue weighted by Gasteiger charge is -2.35. The largest absolute Gasteiger partial charge is 0.339 e. The number of rotatable bonds is 4. The first-order valence-electron chi connectivity index (χ1n) is 9.41. The zero-order valence-corrected chi connectivity index (χ0v) is 15.0. The van der Waals surface area contributed by atoms with E-state index >= 15 is 0 Å². The average Bonchev–Trinajstić information content (AvgIpc) is 3.22. The van der Waals surface area contributed by atoms with Crippen LogP contribution in [0.2, 0.25) is 0 Å². The third kappa shape index (κ3) is 3.85. The first-order chi connectivity index (χ1) is 12.8. The van der Waals surface area contributed by atoms with Crippen LogP contribution in [0.1, 0.15) is 12.8 Å². The summed E-state index contributed by atoms with van der Waals surface area (Å²) in [6.07, 6.45) is 3.61. The average molecular weight is 351 g/mol. The van der Waals surface area contributed by atoms with Crippen molar-refractivity contribution in [2.45, 2.75) is 12.8 Å². The van der Waals surface area contributed by atoms with E-state index in [1.807, 2.05) is 35.4 Å². The Hall–Kier alpha value is -2.47. The van der Waals surface area contributed by atoms with Crippen LogP contribution in [0.3, 0.4) is 0 Å². The summed E-state index contributed by atoms with van der Waals surface area (Å²) < 4.78 is 0. The molecule has 6 heteroatoms. The van der Waals surface area contributed by atoms with Gasteiger partial charge < -0.3 is 15.1 Å². The second kappa shape index (κ2) is 7.83. The maximum Gasteiger partial charge on any atom is 0.225 e. The molecule has 1 aromatic heterocycles. The van der Waals surface area contributed by atoms with E-state index in [0.29, 0.717) is 12.3 Å². The number of carbonyl (C=O) groups is 1. The fourth-order valence-electron chi connectivity index (χ4n) is 3.69. The minimum Gasteiger partial charge on any atom is -0.339 e. The molecule has 2 aromatic rings. The summed E-state index contributed by atoms with van der Waals surface area (Å²) in [6, 6.07) is 12.1. The van der Waals surface area contributed by atoms with Crippen LogP contribution >= 0.6 is 0 Å². The predicted octanol–water partition coefficient (Wildman–Crippen LogP) is 1.79. The molecular weight excluding hydrogens is 326 g/mol. The molecule has 2 saturated heterocycles. The van der Waals surface area contributed by atoms with E-state index in [-0.39, 0.29) is 5.91 Å². The highest BCUT2D eigenvalue weighted by atomic mass is 16.2. The molecule has 1 amide bonds. The van der Waals surface area contributed by atoms with Gasteiger partial charge in [-0.2, -0.15) is 0 Å². The molecule has 1 aromatic carbocycles. The second-order valence-electron chi connectivity index (χ2n) is 7.04. The van der Waals surface area contributed by atoms with Crippen molar-refractivity contribution < 1.29 is 4.79 Å². The van der Waals surface area contributed by atoms with Crippen LogP contribution in [0, 0.1) is 5.92 Å². The zero-order valence-electron chi connectivity index (χ0n) is 15.0. The highest BCUT2D eigenvalue weighted by Crippen LogP contribution is 2.20. The summed E-state index contributed by atoms with van der Waals surface area (Å²) in [7, 11) is 0. The highest BCUT2D eigenvalue weighted by Gasteiger charge is 2.25. The van der Waals surface area contributed by atoms with Gasteiger partial charge in [-0.15, -0.1) is 0 Å². The molecule has 136 valence electrons. The molecule has 4 rings (SSSR count). The van der Waals surface area contributed by atoms with Crippen LogP contribution in [-0.2, 0) is 4.79 Å². The minimum absolute atomic E-state index is 0.289. The Labute approximate surface area is 154 Å². The van der Waals surface area contributed by atoms with Gasteiger partial charge in [-0.3, -0.25) is 4.79 Å². The molecule has 2 aliphatic heterocycles. The van der Waals surface area contributed by atoms with Gasteiger partial charge in [0.2, 0.25) is 11.9 Å². The molecule has 1 atom stereocenters. The Bertz CT molecular complexity index is 737. The predicted molar refractivity (Wildman–Crippen MR) is 102 cm³/mol. The molecule has 0 aliphatic carbocycles. The Balaban J connectivity index is 1.36. The minimum atomic E-state index is 0.289. The van der Waals surface area contributed by atoms with E-state index in [2.05, 4.69) is 27.3 Å². The molecule has 1 N–H and O–H groups in total. The number of anilines is 1. The molecule has 0 radical (unpaired) electrons. The fraction of sp³-hybridized carbons (Fsp3) is 0.450. The number of carbonyl (C=O) groups excluding carboxylic acids is 1. The van der Waals surface area contributed by atoms with Gasteiger partial charge in [0.1, 0.15) is 0 Å². The first kappa shape index (κ1) is 17.0. The molecule has 6 nitrogen and oxygen atoms in total. The maximum atomic E-state index is 12.5. The molecule has 0 bridgehead atoms. The number of piperazine rings is 1. The Kier molecular flexibility index (Phi) is 5.11. The third-order valence-corrected chi connectivity index (χ3v) is 5.25. The Morgan fingerprint density at radius 1 is 1.12 bits per heavy atom. The molecule has 0 unspecified atom stereocenters. The van der Waals surface area contributed by atoms with Gasteiger partial charge in [-0.05, 0) is 31.5 Å². The smallest absolute Gasteiger partial charge is 0.225 e. The van der Waals surface area contributed by atoms with Crippen molar-refractivity contribution in [1.29, 1.82) is 0 Å².